The fourth-order valence-corrected chi connectivity index (χ4v) is 1.64. The third-order valence-corrected chi connectivity index (χ3v) is 3.01. The Balaban J connectivity index is 0.00000220. The summed E-state index contributed by atoms with van der Waals surface area (Å²) in [6, 6.07) is 9.16. The molecule has 0 aliphatic heterocycles. The predicted molar refractivity (Wildman–Crippen MR) is 81.8 cm³/mol. The standard InChI is InChI=1S/C14H18N4O2.ClH/c1-9(8-15)13(19)16-10(2)12-17-14(20-18-12)11-6-4-3-5-7-11;/h3-7,9-10H,8,15H2,1-2H3,(H,16,19);1H. The van der Waals surface area contributed by atoms with E-state index < -0.39 is 0 Å². The summed E-state index contributed by atoms with van der Waals surface area (Å²) in [7, 11) is 0. The maximum Gasteiger partial charge on any atom is 0.257 e. The van der Waals surface area contributed by atoms with Gasteiger partial charge in [-0.25, -0.2) is 0 Å². The number of benzene rings is 1. The Morgan fingerprint density at radius 1 is 1.33 bits per heavy atom. The van der Waals surface area contributed by atoms with Crippen LogP contribution in [0.1, 0.15) is 25.7 Å². The normalized spacial score (nSPS) is 13.1. The first-order valence-electron chi connectivity index (χ1n) is 6.51. The first-order valence-corrected chi connectivity index (χ1v) is 6.51. The van der Waals surface area contributed by atoms with E-state index in [4.69, 9.17) is 10.3 Å². The third kappa shape index (κ3) is 4.27. The van der Waals surface area contributed by atoms with Crippen molar-refractivity contribution in [3.8, 4) is 11.5 Å². The molecule has 6 nitrogen and oxygen atoms in total. The van der Waals surface area contributed by atoms with Gasteiger partial charge < -0.3 is 15.6 Å². The van der Waals surface area contributed by atoms with Gasteiger partial charge in [-0.3, -0.25) is 4.79 Å². The molecule has 2 aromatic rings. The minimum atomic E-state index is -0.322. The van der Waals surface area contributed by atoms with Gasteiger partial charge in [-0.15, -0.1) is 12.4 Å². The summed E-state index contributed by atoms with van der Waals surface area (Å²) in [5, 5.41) is 6.71. The van der Waals surface area contributed by atoms with E-state index in [0.29, 0.717) is 18.3 Å². The van der Waals surface area contributed by atoms with Crippen molar-refractivity contribution in [1.29, 1.82) is 0 Å². The van der Waals surface area contributed by atoms with Crippen molar-refractivity contribution in [2.75, 3.05) is 6.54 Å². The fraction of sp³-hybridized carbons (Fsp3) is 0.357. The van der Waals surface area contributed by atoms with Crippen LogP contribution in [0.2, 0.25) is 0 Å². The Morgan fingerprint density at radius 3 is 2.62 bits per heavy atom. The van der Waals surface area contributed by atoms with Crippen LogP contribution in [-0.2, 0) is 4.79 Å². The average Bonchev–Trinajstić information content (AvgIpc) is 2.97. The van der Waals surface area contributed by atoms with Gasteiger partial charge in [0.2, 0.25) is 5.91 Å². The molecule has 114 valence electrons. The van der Waals surface area contributed by atoms with E-state index in [1.807, 2.05) is 30.3 Å². The number of amides is 1. The fourth-order valence-electron chi connectivity index (χ4n) is 1.64. The summed E-state index contributed by atoms with van der Waals surface area (Å²) >= 11 is 0. The third-order valence-electron chi connectivity index (χ3n) is 3.01. The number of nitrogens with one attached hydrogen (secondary N) is 1. The molecular formula is C14H19ClN4O2. The Morgan fingerprint density at radius 2 is 2.00 bits per heavy atom. The summed E-state index contributed by atoms with van der Waals surface area (Å²) in [6.45, 7) is 3.88. The second-order valence-electron chi connectivity index (χ2n) is 4.69. The molecule has 1 aromatic heterocycles. The van der Waals surface area contributed by atoms with Crippen molar-refractivity contribution in [3.63, 3.8) is 0 Å². The summed E-state index contributed by atoms with van der Waals surface area (Å²) in [5.41, 5.74) is 6.30. The van der Waals surface area contributed by atoms with Gasteiger partial charge in [0.1, 0.15) is 0 Å². The molecule has 7 heteroatoms. The molecular weight excluding hydrogens is 292 g/mol. The van der Waals surface area contributed by atoms with Crippen molar-refractivity contribution in [2.24, 2.45) is 11.7 Å². The summed E-state index contributed by atoms with van der Waals surface area (Å²) in [5.74, 6) is 0.527. The van der Waals surface area contributed by atoms with E-state index in [1.165, 1.54) is 0 Å². The van der Waals surface area contributed by atoms with Crippen LogP contribution < -0.4 is 11.1 Å². The topological polar surface area (TPSA) is 94.0 Å². The van der Waals surface area contributed by atoms with Crippen LogP contribution in [0.15, 0.2) is 34.9 Å². The number of hydrogen-bond acceptors (Lipinski definition) is 5. The molecule has 0 saturated heterocycles. The minimum Gasteiger partial charge on any atom is -0.346 e. The molecule has 3 N–H and O–H groups in total. The molecule has 0 saturated carbocycles. The van der Waals surface area contributed by atoms with E-state index >= 15 is 0 Å². The number of hydrogen-bond donors (Lipinski definition) is 2. The molecule has 0 fully saturated rings. The summed E-state index contributed by atoms with van der Waals surface area (Å²) < 4.78 is 5.20. The quantitative estimate of drug-likeness (QED) is 0.880. The molecule has 1 heterocycles. The Kier molecular flexibility index (Phi) is 6.33. The molecule has 0 aliphatic rings. The predicted octanol–water partition coefficient (Wildman–Crippen LogP) is 1.93. The number of nitrogens with two attached hydrogens (primary N) is 1. The first kappa shape index (κ1) is 17.1. The number of rotatable bonds is 5. The van der Waals surface area contributed by atoms with Crippen LogP contribution in [0.4, 0.5) is 0 Å². The van der Waals surface area contributed by atoms with Crippen LogP contribution in [0.3, 0.4) is 0 Å². The highest BCUT2D eigenvalue weighted by Gasteiger charge is 2.19. The molecule has 2 atom stereocenters. The van der Waals surface area contributed by atoms with E-state index in [0.717, 1.165) is 5.56 Å². The number of nitrogens with zero attached hydrogens (tertiary/aromatic N) is 2. The maximum atomic E-state index is 11.8. The van der Waals surface area contributed by atoms with Gasteiger partial charge in [0.05, 0.1) is 6.04 Å². The van der Waals surface area contributed by atoms with Gasteiger partial charge in [0, 0.05) is 18.0 Å². The molecule has 0 bridgehead atoms. The summed E-state index contributed by atoms with van der Waals surface area (Å²) in [4.78, 5) is 16.1. The first-order chi connectivity index (χ1) is 9.61. The van der Waals surface area contributed by atoms with Crippen LogP contribution in [0, 0.1) is 5.92 Å². The number of aromatic nitrogens is 2. The van der Waals surface area contributed by atoms with Crippen molar-refractivity contribution >= 4 is 18.3 Å². The van der Waals surface area contributed by atoms with Gasteiger partial charge in [-0.1, -0.05) is 30.3 Å². The maximum absolute atomic E-state index is 11.8. The molecule has 1 amide bonds. The lowest BCUT2D eigenvalue weighted by Crippen LogP contribution is -2.35. The van der Waals surface area contributed by atoms with Crippen molar-refractivity contribution in [1.82, 2.24) is 15.5 Å². The number of carbonyl (C=O) groups is 1. The molecule has 2 unspecified atom stereocenters. The highest BCUT2D eigenvalue weighted by molar-refractivity contribution is 5.85. The van der Waals surface area contributed by atoms with Crippen molar-refractivity contribution in [2.45, 2.75) is 19.9 Å². The van der Waals surface area contributed by atoms with Crippen molar-refractivity contribution < 1.29 is 9.32 Å². The van der Waals surface area contributed by atoms with E-state index in [-0.39, 0.29) is 30.3 Å². The van der Waals surface area contributed by atoms with Crippen LogP contribution >= 0.6 is 12.4 Å². The van der Waals surface area contributed by atoms with Gasteiger partial charge in [-0.2, -0.15) is 4.98 Å². The largest absolute Gasteiger partial charge is 0.346 e. The SMILES string of the molecule is CC(CN)C(=O)NC(C)c1noc(-c2ccccc2)n1.Cl. The zero-order valence-electron chi connectivity index (χ0n) is 11.9. The van der Waals surface area contributed by atoms with E-state index in [9.17, 15) is 4.79 Å². The second kappa shape index (κ2) is 7.75. The average molecular weight is 311 g/mol. The minimum absolute atomic E-state index is 0. The Bertz CT molecular complexity index is 573. The van der Waals surface area contributed by atoms with Crippen LogP contribution in [0.5, 0.6) is 0 Å². The molecule has 1 aromatic carbocycles. The molecule has 2 rings (SSSR count). The highest BCUT2D eigenvalue weighted by atomic mass is 35.5. The van der Waals surface area contributed by atoms with Gasteiger partial charge >= 0.3 is 0 Å². The van der Waals surface area contributed by atoms with Crippen molar-refractivity contribution in [3.05, 3.63) is 36.2 Å². The molecule has 0 aliphatic carbocycles. The van der Waals surface area contributed by atoms with Gasteiger partial charge in [-0.05, 0) is 19.1 Å². The molecule has 0 spiro atoms. The monoisotopic (exact) mass is 310 g/mol. The second-order valence-corrected chi connectivity index (χ2v) is 4.69. The lowest BCUT2D eigenvalue weighted by molar-refractivity contribution is -0.124. The number of halogens is 1. The lowest BCUT2D eigenvalue weighted by atomic mass is 10.1. The zero-order chi connectivity index (χ0) is 14.5. The van der Waals surface area contributed by atoms with E-state index in [1.54, 1.807) is 13.8 Å². The van der Waals surface area contributed by atoms with E-state index in [2.05, 4.69) is 15.5 Å². The molecule has 0 radical (unpaired) electrons. The number of carbonyl (C=O) groups excluding carboxylic acids is 1. The smallest absolute Gasteiger partial charge is 0.257 e. The summed E-state index contributed by atoms with van der Waals surface area (Å²) in [6.07, 6.45) is 0. The lowest BCUT2D eigenvalue weighted by Gasteiger charge is -2.13. The van der Waals surface area contributed by atoms with Gasteiger partial charge in [0.15, 0.2) is 5.82 Å². The Hall–Kier alpha value is -1.92. The van der Waals surface area contributed by atoms with Gasteiger partial charge in [0.25, 0.3) is 5.89 Å². The van der Waals surface area contributed by atoms with Crippen LogP contribution in [0.25, 0.3) is 11.5 Å². The van der Waals surface area contributed by atoms with Crippen LogP contribution in [-0.4, -0.2) is 22.6 Å². The molecule has 21 heavy (non-hydrogen) atoms. The highest BCUT2D eigenvalue weighted by Crippen LogP contribution is 2.18. The Labute approximate surface area is 129 Å². The zero-order valence-corrected chi connectivity index (χ0v) is 12.8.